The smallest absolute Gasteiger partial charge is 0.256 e. The molecule has 29 heavy (non-hydrogen) atoms. The predicted molar refractivity (Wildman–Crippen MR) is 109 cm³/mol. The number of hydrogen-bond acceptors (Lipinski definition) is 3. The fourth-order valence-electron chi connectivity index (χ4n) is 4.23. The minimum absolute atomic E-state index is 0.242. The highest BCUT2D eigenvalue weighted by Gasteiger charge is 2.28. The van der Waals surface area contributed by atoms with Crippen LogP contribution in [-0.4, -0.2) is 34.1 Å². The molecule has 4 rings (SSSR count). The lowest BCUT2D eigenvalue weighted by molar-refractivity contribution is -0.110. The second kappa shape index (κ2) is 7.48. The zero-order valence-corrected chi connectivity index (χ0v) is 16.4. The number of benzene rings is 1. The highest BCUT2D eigenvalue weighted by atomic mass is 19.1. The molecule has 1 fully saturated rings. The highest BCUT2D eigenvalue weighted by molar-refractivity contribution is 6.34. The van der Waals surface area contributed by atoms with Crippen LogP contribution >= 0.6 is 0 Å². The van der Waals surface area contributed by atoms with Gasteiger partial charge in [0.05, 0.1) is 23.3 Å². The summed E-state index contributed by atoms with van der Waals surface area (Å²) >= 11 is 0. The molecule has 152 valence electrons. The lowest BCUT2D eigenvalue weighted by Gasteiger charge is -2.28. The van der Waals surface area contributed by atoms with Crippen molar-refractivity contribution in [3.05, 3.63) is 52.1 Å². The third kappa shape index (κ3) is 3.58. The number of aliphatic hydroxyl groups excluding tert-OH is 1. The Bertz CT molecular complexity index is 1020. The van der Waals surface area contributed by atoms with Crippen molar-refractivity contribution in [3.63, 3.8) is 0 Å². The molecule has 1 aliphatic carbocycles. The van der Waals surface area contributed by atoms with Gasteiger partial charge in [-0.2, -0.15) is 0 Å². The summed E-state index contributed by atoms with van der Waals surface area (Å²) in [5, 5.41) is 15.8. The largest absolute Gasteiger partial charge is 0.391 e. The van der Waals surface area contributed by atoms with Crippen molar-refractivity contribution in [1.29, 1.82) is 0 Å². The first kappa shape index (κ1) is 19.4. The van der Waals surface area contributed by atoms with E-state index in [1.165, 1.54) is 18.2 Å². The predicted octanol–water partition coefficient (Wildman–Crippen LogP) is 3.30. The van der Waals surface area contributed by atoms with Gasteiger partial charge >= 0.3 is 0 Å². The van der Waals surface area contributed by atoms with Crippen LogP contribution in [0.5, 0.6) is 0 Å². The lowest BCUT2D eigenvalue weighted by atomic mass is 9.92. The van der Waals surface area contributed by atoms with Gasteiger partial charge in [-0.05, 0) is 56.5 Å². The van der Waals surface area contributed by atoms with Gasteiger partial charge in [0.2, 0.25) is 0 Å². The molecule has 2 aromatic rings. The maximum Gasteiger partial charge on any atom is 0.256 e. The van der Waals surface area contributed by atoms with Crippen molar-refractivity contribution in [2.45, 2.75) is 51.7 Å². The molecule has 7 heteroatoms. The molecule has 1 unspecified atom stereocenters. The van der Waals surface area contributed by atoms with Crippen LogP contribution in [0.25, 0.3) is 11.6 Å². The molecule has 0 bridgehead atoms. The van der Waals surface area contributed by atoms with Crippen LogP contribution in [0.3, 0.4) is 0 Å². The second-order valence-electron chi connectivity index (χ2n) is 7.80. The Morgan fingerprint density at radius 1 is 1.28 bits per heavy atom. The number of aromatic amines is 1. The summed E-state index contributed by atoms with van der Waals surface area (Å²) < 4.78 is 13.7. The summed E-state index contributed by atoms with van der Waals surface area (Å²) in [7, 11) is 0. The monoisotopic (exact) mass is 397 g/mol. The van der Waals surface area contributed by atoms with Crippen LogP contribution in [0.2, 0.25) is 0 Å². The molecule has 0 saturated heterocycles. The number of aliphatic hydroxyl groups is 1. The number of rotatable bonds is 3. The van der Waals surface area contributed by atoms with Gasteiger partial charge in [0.25, 0.3) is 11.8 Å². The molecule has 2 atom stereocenters. The first-order valence-electron chi connectivity index (χ1n) is 9.86. The summed E-state index contributed by atoms with van der Waals surface area (Å²) in [4.78, 5) is 28.4. The minimum Gasteiger partial charge on any atom is -0.391 e. The topological polar surface area (TPSA) is 94.2 Å². The van der Waals surface area contributed by atoms with Gasteiger partial charge in [0.1, 0.15) is 5.82 Å². The zero-order valence-electron chi connectivity index (χ0n) is 16.4. The first-order valence-corrected chi connectivity index (χ1v) is 9.86. The Balaban J connectivity index is 1.64. The van der Waals surface area contributed by atoms with Crippen molar-refractivity contribution in [3.8, 4) is 0 Å². The number of nitrogens with one attached hydrogen (secondary N) is 3. The number of amides is 2. The van der Waals surface area contributed by atoms with E-state index in [0.717, 1.165) is 19.3 Å². The third-order valence-corrected chi connectivity index (χ3v) is 5.80. The second-order valence-corrected chi connectivity index (χ2v) is 7.80. The fourth-order valence-corrected chi connectivity index (χ4v) is 4.23. The van der Waals surface area contributed by atoms with Crippen LogP contribution in [0, 0.1) is 19.7 Å². The number of carbonyl (C=O) groups is 2. The first-order chi connectivity index (χ1) is 13.8. The van der Waals surface area contributed by atoms with E-state index >= 15 is 0 Å². The van der Waals surface area contributed by atoms with Gasteiger partial charge in [-0.15, -0.1) is 0 Å². The van der Waals surface area contributed by atoms with Crippen molar-refractivity contribution in [2.75, 3.05) is 5.32 Å². The molecular weight excluding hydrogens is 373 g/mol. The van der Waals surface area contributed by atoms with E-state index in [9.17, 15) is 19.1 Å². The number of anilines is 1. The van der Waals surface area contributed by atoms with Gasteiger partial charge < -0.3 is 20.7 Å². The maximum absolute atomic E-state index is 13.7. The fraction of sp³-hybridized carbons (Fsp3) is 0.364. The molecule has 1 aromatic carbocycles. The summed E-state index contributed by atoms with van der Waals surface area (Å²) in [6.07, 6.45) is 4.53. The number of hydrogen-bond donors (Lipinski definition) is 4. The molecule has 2 amide bonds. The molecule has 0 radical (unpaired) electrons. The normalized spacial score (nSPS) is 22.5. The zero-order chi connectivity index (χ0) is 20.7. The summed E-state index contributed by atoms with van der Waals surface area (Å²) in [5.41, 5.74) is 3.92. The molecule has 4 N–H and O–H groups in total. The Morgan fingerprint density at radius 2 is 2.03 bits per heavy atom. The minimum atomic E-state index is -0.526. The van der Waals surface area contributed by atoms with Crippen molar-refractivity contribution >= 4 is 29.2 Å². The Hall–Kier alpha value is -2.93. The van der Waals surface area contributed by atoms with E-state index in [2.05, 4.69) is 15.6 Å². The number of fused-ring (bicyclic) bond motifs is 1. The lowest BCUT2D eigenvalue weighted by Crippen LogP contribution is -2.45. The molecular formula is C22H24FN3O3. The Labute approximate surface area is 168 Å². The molecule has 1 aliphatic heterocycles. The van der Waals surface area contributed by atoms with Gasteiger partial charge in [-0.3, -0.25) is 9.59 Å². The number of aromatic nitrogens is 1. The van der Waals surface area contributed by atoms with E-state index in [4.69, 9.17) is 0 Å². The molecule has 6 nitrogen and oxygen atoms in total. The number of carbonyl (C=O) groups excluding carboxylic acids is 2. The van der Waals surface area contributed by atoms with Crippen LogP contribution < -0.4 is 10.6 Å². The average Bonchev–Trinajstić information content (AvgIpc) is 3.13. The van der Waals surface area contributed by atoms with Crippen molar-refractivity contribution < 1.29 is 19.1 Å². The van der Waals surface area contributed by atoms with E-state index in [1.54, 1.807) is 19.9 Å². The van der Waals surface area contributed by atoms with E-state index in [0.29, 0.717) is 45.8 Å². The van der Waals surface area contributed by atoms with Crippen LogP contribution in [-0.2, 0) is 4.79 Å². The number of aryl methyl sites for hydroxylation is 1. The van der Waals surface area contributed by atoms with Crippen LogP contribution in [0.1, 0.15) is 58.6 Å². The Kier molecular flexibility index (Phi) is 5.00. The Morgan fingerprint density at radius 3 is 2.79 bits per heavy atom. The number of H-pyrrole nitrogens is 1. The van der Waals surface area contributed by atoms with Gasteiger partial charge in [-0.1, -0.05) is 12.8 Å². The van der Waals surface area contributed by atoms with E-state index in [-0.39, 0.29) is 17.9 Å². The SMILES string of the molecule is Cc1[nH]c(/C=C2\C(=O)Nc3ccc(F)cc32)c(C)c1C(=O)NC1CCCC[C@@H]1O. The summed E-state index contributed by atoms with van der Waals surface area (Å²) in [6.45, 7) is 3.60. The molecule has 1 saturated carbocycles. The van der Waals surface area contributed by atoms with Crippen molar-refractivity contribution in [1.82, 2.24) is 10.3 Å². The quantitative estimate of drug-likeness (QED) is 0.599. The third-order valence-electron chi connectivity index (χ3n) is 5.80. The molecule has 2 aliphatic rings. The van der Waals surface area contributed by atoms with Crippen LogP contribution in [0.4, 0.5) is 10.1 Å². The molecule has 0 spiro atoms. The van der Waals surface area contributed by atoms with Gasteiger partial charge in [-0.25, -0.2) is 4.39 Å². The van der Waals surface area contributed by atoms with Crippen molar-refractivity contribution in [2.24, 2.45) is 0 Å². The standard InChI is InChI=1S/C22H24FN3O3/c1-11-18(10-15-14-9-13(23)7-8-16(14)25-21(15)28)24-12(2)20(11)22(29)26-17-5-3-4-6-19(17)27/h7-10,17,19,24,27H,3-6H2,1-2H3,(H,25,28)(H,26,29)/b15-10-/t17?,19-/m0/s1. The average molecular weight is 397 g/mol. The van der Waals surface area contributed by atoms with Crippen LogP contribution in [0.15, 0.2) is 18.2 Å². The molecule has 2 heterocycles. The van der Waals surface area contributed by atoms with E-state index in [1.807, 2.05) is 0 Å². The van der Waals surface area contributed by atoms with E-state index < -0.39 is 11.9 Å². The number of halogens is 1. The molecule has 1 aromatic heterocycles. The summed E-state index contributed by atoms with van der Waals surface area (Å²) in [5.74, 6) is -0.973. The maximum atomic E-state index is 13.7. The highest BCUT2D eigenvalue weighted by Crippen LogP contribution is 2.34. The van der Waals surface area contributed by atoms with Gasteiger partial charge in [0.15, 0.2) is 0 Å². The van der Waals surface area contributed by atoms with Gasteiger partial charge in [0, 0.05) is 22.6 Å². The summed E-state index contributed by atoms with van der Waals surface area (Å²) in [6, 6.07) is 3.91.